The van der Waals surface area contributed by atoms with Crippen molar-refractivity contribution in [2.24, 2.45) is 5.92 Å². The average Bonchev–Trinajstić information content (AvgIpc) is 2.89. The predicted molar refractivity (Wildman–Crippen MR) is 81.0 cm³/mol. The lowest BCUT2D eigenvalue weighted by molar-refractivity contribution is 0.483. The summed E-state index contributed by atoms with van der Waals surface area (Å²) in [5.74, 6) is 1.68. The lowest BCUT2D eigenvalue weighted by Gasteiger charge is -2.17. The van der Waals surface area contributed by atoms with Gasteiger partial charge in [0.1, 0.15) is 0 Å². The summed E-state index contributed by atoms with van der Waals surface area (Å²) in [6.07, 6.45) is 13.8. The molecule has 0 saturated heterocycles. The predicted octanol–water partition coefficient (Wildman–Crippen LogP) is 3.65. The molecule has 4 heteroatoms. The third-order valence-corrected chi connectivity index (χ3v) is 4.06. The quantitative estimate of drug-likeness (QED) is 0.862. The van der Waals surface area contributed by atoms with Gasteiger partial charge in [0.2, 0.25) is 0 Å². The van der Waals surface area contributed by atoms with Crippen LogP contribution >= 0.6 is 0 Å². The molecule has 20 heavy (non-hydrogen) atoms. The highest BCUT2D eigenvalue weighted by Crippen LogP contribution is 2.24. The number of hydrogen-bond donors (Lipinski definition) is 1. The van der Waals surface area contributed by atoms with Crippen molar-refractivity contribution in [2.75, 3.05) is 11.9 Å². The largest absolute Gasteiger partial charge is 0.382 e. The molecule has 0 aromatic carbocycles. The number of nitrogens with one attached hydrogen (secondary N) is 1. The fourth-order valence-electron chi connectivity index (χ4n) is 2.93. The molecule has 0 spiro atoms. The van der Waals surface area contributed by atoms with Crippen molar-refractivity contribution >= 4 is 5.69 Å². The van der Waals surface area contributed by atoms with Crippen molar-refractivity contribution in [3.8, 4) is 5.82 Å². The fraction of sp³-hybridized carbons (Fsp3) is 0.500. The Morgan fingerprint density at radius 2 is 1.95 bits per heavy atom. The van der Waals surface area contributed by atoms with Gasteiger partial charge >= 0.3 is 0 Å². The summed E-state index contributed by atoms with van der Waals surface area (Å²) in [5, 5.41) is 7.85. The van der Waals surface area contributed by atoms with Crippen molar-refractivity contribution in [2.45, 2.75) is 38.5 Å². The smallest absolute Gasteiger partial charge is 0.176 e. The fourth-order valence-corrected chi connectivity index (χ4v) is 2.93. The van der Waals surface area contributed by atoms with Gasteiger partial charge in [-0.2, -0.15) is 5.10 Å². The van der Waals surface area contributed by atoms with Gasteiger partial charge in [-0.1, -0.05) is 25.7 Å². The first-order valence-electron chi connectivity index (χ1n) is 7.62. The summed E-state index contributed by atoms with van der Waals surface area (Å²) in [6, 6.07) is 5.98. The standard InChI is InChI=1S/C16H22N4/c1-2-4-8-14(7-3-1)13-18-15-9-5-10-17-16(15)20-12-6-11-19-20/h5-6,9-12,14,18H,1-4,7-8,13H2. The van der Waals surface area contributed by atoms with Gasteiger partial charge in [0.15, 0.2) is 5.82 Å². The minimum absolute atomic E-state index is 0.795. The minimum Gasteiger partial charge on any atom is -0.382 e. The first kappa shape index (κ1) is 13.2. The van der Waals surface area contributed by atoms with Crippen LogP contribution in [-0.2, 0) is 0 Å². The number of nitrogens with zero attached hydrogens (tertiary/aromatic N) is 3. The molecule has 0 bridgehead atoms. The van der Waals surface area contributed by atoms with E-state index in [0.29, 0.717) is 0 Å². The highest BCUT2D eigenvalue weighted by molar-refractivity contribution is 5.56. The molecule has 0 aliphatic heterocycles. The Labute approximate surface area is 120 Å². The number of rotatable bonds is 4. The molecule has 0 amide bonds. The van der Waals surface area contributed by atoms with Gasteiger partial charge in [-0.15, -0.1) is 0 Å². The first-order chi connectivity index (χ1) is 9.93. The van der Waals surface area contributed by atoms with Crippen LogP contribution in [0.3, 0.4) is 0 Å². The Bertz CT molecular complexity index is 513. The van der Waals surface area contributed by atoms with Gasteiger partial charge < -0.3 is 5.32 Å². The molecule has 106 valence electrons. The van der Waals surface area contributed by atoms with Crippen molar-refractivity contribution in [3.63, 3.8) is 0 Å². The van der Waals surface area contributed by atoms with E-state index in [9.17, 15) is 0 Å². The number of hydrogen-bond acceptors (Lipinski definition) is 3. The summed E-state index contributed by atoms with van der Waals surface area (Å²) in [4.78, 5) is 4.44. The molecule has 1 N–H and O–H groups in total. The SMILES string of the molecule is c1cnc(-n2cccn2)c(NCC2CCCCCC2)c1. The summed E-state index contributed by atoms with van der Waals surface area (Å²) in [7, 11) is 0. The Kier molecular flexibility index (Phi) is 4.31. The Balaban J connectivity index is 1.68. The van der Waals surface area contributed by atoms with Crippen LogP contribution < -0.4 is 5.32 Å². The van der Waals surface area contributed by atoms with Crippen LogP contribution in [-0.4, -0.2) is 21.3 Å². The van der Waals surface area contributed by atoms with Crippen LogP contribution in [0.25, 0.3) is 5.82 Å². The van der Waals surface area contributed by atoms with Gasteiger partial charge in [0.05, 0.1) is 5.69 Å². The van der Waals surface area contributed by atoms with Crippen LogP contribution in [0.2, 0.25) is 0 Å². The molecule has 1 aliphatic carbocycles. The van der Waals surface area contributed by atoms with E-state index in [1.165, 1.54) is 38.5 Å². The van der Waals surface area contributed by atoms with E-state index in [1.54, 1.807) is 6.20 Å². The molecule has 1 saturated carbocycles. The monoisotopic (exact) mass is 270 g/mol. The normalized spacial score (nSPS) is 16.8. The van der Waals surface area contributed by atoms with Crippen LogP contribution in [0.1, 0.15) is 38.5 Å². The van der Waals surface area contributed by atoms with E-state index in [4.69, 9.17) is 0 Å². The number of pyridine rings is 1. The second-order valence-electron chi connectivity index (χ2n) is 5.56. The third-order valence-electron chi connectivity index (χ3n) is 4.06. The van der Waals surface area contributed by atoms with Gasteiger partial charge in [0, 0.05) is 25.1 Å². The highest BCUT2D eigenvalue weighted by atomic mass is 15.3. The maximum atomic E-state index is 4.44. The Hall–Kier alpha value is -1.84. The highest BCUT2D eigenvalue weighted by Gasteiger charge is 2.13. The lowest BCUT2D eigenvalue weighted by Crippen LogP contribution is -2.15. The molecule has 4 nitrogen and oxygen atoms in total. The lowest BCUT2D eigenvalue weighted by atomic mass is 10.0. The van der Waals surface area contributed by atoms with E-state index < -0.39 is 0 Å². The van der Waals surface area contributed by atoms with Gasteiger partial charge in [0.25, 0.3) is 0 Å². The molecule has 2 aromatic heterocycles. The molecule has 1 aliphatic rings. The van der Waals surface area contributed by atoms with E-state index in [1.807, 2.05) is 29.2 Å². The van der Waals surface area contributed by atoms with Gasteiger partial charge in [-0.05, 0) is 37.0 Å². The zero-order valence-corrected chi connectivity index (χ0v) is 11.8. The molecule has 1 fully saturated rings. The second kappa shape index (κ2) is 6.55. The van der Waals surface area contributed by atoms with E-state index in [-0.39, 0.29) is 0 Å². The van der Waals surface area contributed by atoms with Gasteiger partial charge in [-0.3, -0.25) is 0 Å². The summed E-state index contributed by atoms with van der Waals surface area (Å²) < 4.78 is 1.81. The van der Waals surface area contributed by atoms with E-state index >= 15 is 0 Å². The molecule has 2 aromatic rings. The zero-order valence-electron chi connectivity index (χ0n) is 11.8. The molecular weight excluding hydrogens is 248 g/mol. The van der Waals surface area contributed by atoms with Crippen LogP contribution in [0.15, 0.2) is 36.8 Å². The molecule has 2 heterocycles. The zero-order chi connectivity index (χ0) is 13.6. The Morgan fingerprint density at radius 1 is 1.10 bits per heavy atom. The average molecular weight is 270 g/mol. The van der Waals surface area contributed by atoms with Crippen LogP contribution in [0.5, 0.6) is 0 Å². The summed E-state index contributed by atoms with van der Waals surface area (Å²) in [6.45, 7) is 1.04. The van der Waals surface area contributed by atoms with Crippen molar-refractivity contribution in [1.82, 2.24) is 14.8 Å². The number of anilines is 1. The van der Waals surface area contributed by atoms with Crippen LogP contribution in [0.4, 0.5) is 5.69 Å². The van der Waals surface area contributed by atoms with Crippen LogP contribution in [0, 0.1) is 5.92 Å². The maximum Gasteiger partial charge on any atom is 0.176 e. The molecule has 0 atom stereocenters. The molecule has 3 rings (SSSR count). The second-order valence-corrected chi connectivity index (χ2v) is 5.56. The topological polar surface area (TPSA) is 42.7 Å². The summed E-state index contributed by atoms with van der Waals surface area (Å²) >= 11 is 0. The minimum atomic E-state index is 0.795. The van der Waals surface area contributed by atoms with Crippen molar-refractivity contribution in [3.05, 3.63) is 36.8 Å². The molecule has 0 unspecified atom stereocenters. The molecular formula is C16H22N4. The maximum absolute atomic E-state index is 4.44. The van der Waals surface area contributed by atoms with Crippen molar-refractivity contribution < 1.29 is 0 Å². The number of aromatic nitrogens is 3. The van der Waals surface area contributed by atoms with E-state index in [2.05, 4.69) is 21.5 Å². The van der Waals surface area contributed by atoms with E-state index in [0.717, 1.165) is 24.0 Å². The third kappa shape index (κ3) is 3.18. The van der Waals surface area contributed by atoms with Gasteiger partial charge in [-0.25, -0.2) is 9.67 Å². The first-order valence-corrected chi connectivity index (χ1v) is 7.62. The van der Waals surface area contributed by atoms with Crippen molar-refractivity contribution in [1.29, 1.82) is 0 Å². The Morgan fingerprint density at radius 3 is 2.70 bits per heavy atom. The summed E-state index contributed by atoms with van der Waals surface area (Å²) in [5.41, 5.74) is 1.07. The molecule has 0 radical (unpaired) electrons.